The molecule has 2 atom stereocenters. The number of likely N-dealkylation sites (tertiary alicyclic amines) is 1. The lowest BCUT2D eigenvalue weighted by Crippen LogP contribution is -2.38. The molecular formula is C10H22N2O2S. The second-order valence-electron chi connectivity index (χ2n) is 4.51. The van der Waals surface area contributed by atoms with Gasteiger partial charge >= 0.3 is 0 Å². The third-order valence-corrected chi connectivity index (χ3v) is 3.69. The highest BCUT2D eigenvalue weighted by atomic mass is 32.2. The van der Waals surface area contributed by atoms with Crippen molar-refractivity contribution in [2.24, 2.45) is 0 Å². The molecule has 1 heterocycles. The molecule has 0 aliphatic carbocycles. The molecule has 1 fully saturated rings. The van der Waals surface area contributed by atoms with Crippen molar-refractivity contribution in [2.45, 2.75) is 45.2 Å². The van der Waals surface area contributed by atoms with Crippen LogP contribution in [-0.2, 0) is 10.0 Å². The Morgan fingerprint density at radius 1 is 1.53 bits per heavy atom. The Morgan fingerprint density at radius 2 is 2.20 bits per heavy atom. The molecule has 0 spiro atoms. The molecule has 1 aliphatic rings. The van der Waals surface area contributed by atoms with Crippen LogP contribution in [0.3, 0.4) is 0 Å². The Bertz CT molecular complexity index is 290. The van der Waals surface area contributed by atoms with Crippen molar-refractivity contribution in [2.75, 3.05) is 19.3 Å². The maximum atomic E-state index is 11.1. The minimum atomic E-state index is -3.05. The fourth-order valence-electron chi connectivity index (χ4n) is 2.19. The van der Waals surface area contributed by atoms with Crippen LogP contribution in [0, 0.1) is 0 Å². The average Bonchev–Trinajstić information content (AvgIpc) is 2.50. The van der Waals surface area contributed by atoms with Gasteiger partial charge in [0, 0.05) is 25.2 Å². The summed E-state index contributed by atoms with van der Waals surface area (Å²) in [5.74, 6) is 0. The lowest BCUT2D eigenvalue weighted by atomic mass is 10.2. The predicted octanol–water partition coefficient (Wildman–Crippen LogP) is 0.798. The number of nitrogens with zero attached hydrogens (tertiary/aromatic N) is 1. The van der Waals surface area contributed by atoms with Crippen molar-refractivity contribution >= 4 is 10.0 Å². The number of sulfonamides is 1. The summed E-state index contributed by atoms with van der Waals surface area (Å²) in [7, 11) is -3.05. The van der Waals surface area contributed by atoms with Crippen molar-refractivity contribution in [3.8, 4) is 0 Å². The molecular weight excluding hydrogens is 212 g/mol. The van der Waals surface area contributed by atoms with E-state index >= 15 is 0 Å². The monoisotopic (exact) mass is 234 g/mol. The molecule has 15 heavy (non-hydrogen) atoms. The predicted molar refractivity (Wildman–Crippen MR) is 62.3 cm³/mol. The lowest BCUT2D eigenvalue weighted by molar-refractivity contribution is 0.242. The van der Waals surface area contributed by atoms with Gasteiger partial charge in [-0.05, 0) is 19.8 Å². The first-order valence-corrected chi connectivity index (χ1v) is 7.53. The minimum absolute atomic E-state index is 0.110. The molecule has 5 heteroatoms. The van der Waals surface area contributed by atoms with Crippen LogP contribution in [-0.4, -0.2) is 44.7 Å². The first-order valence-electron chi connectivity index (χ1n) is 5.63. The van der Waals surface area contributed by atoms with E-state index in [9.17, 15) is 8.42 Å². The fourth-order valence-corrected chi connectivity index (χ4v) is 2.98. The average molecular weight is 234 g/mol. The fraction of sp³-hybridized carbons (Fsp3) is 1.00. The number of rotatable bonds is 5. The van der Waals surface area contributed by atoms with Gasteiger partial charge in [-0.25, -0.2) is 13.1 Å². The Morgan fingerprint density at radius 3 is 2.73 bits per heavy atom. The van der Waals surface area contributed by atoms with Crippen molar-refractivity contribution in [1.82, 2.24) is 9.62 Å². The van der Waals surface area contributed by atoms with Crippen molar-refractivity contribution in [3.63, 3.8) is 0 Å². The van der Waals surface area contributed by atoms with Crippen LogP contribution in [0.4, 0.5) is 0 Å². The first kappa shape index (κ1) is 12.9. The normalized spacial score (nSPS) is 25.7. The number of hydrogen-bond acceptors (Lipinski definition) is 3. The molecule has 0 unspecified atom stereocenters. The van der Waals surface area contributed by atoms with E-state index in [-0.39, 0.29) is 6.04 Å². The molecule has 0 amide bonds. The van der Waals surface area contributed by atoms with E-state index in [0.29, 0.717) is 6.04 Å². The Kier molecular flexibility index (Phi) is 4.55. The molecule has 0 bridgehead atoms. The molecule has 0 aromatic carbocycles. The smallest absolute Gasteiger partial charge is 0.208 e. The molecule has 90 valence electrons. The highest BCUT2D eigenvalue weighted by Gasteiger charge is 2.27. The van der Waals surface area contributed by atoms with E-state index in [1.807, 2.05) is 0 Å². The summed E-state index contributed by atoms with van der Waals surface area (Å²) in [6.45, 7) is 6.26. The zero-order chi connectivity index (χ0) is 11.5. The van der Waals surface area contributed by atoms with Gasteiger partial charge in [-0.2, -0.15) is 0 Å². The molecule has 4 nitrogen and oxygen atoms in total. The van der Waals surface area contributed by atoms with Gasteiger partial charge in [-0.1, -0.05) is 13.3 Å². The van der Waals surface area contributed by atoms with Crippen LogP contribution in [0.25, 0.3) is 0 Å². The third-order valence-electron chi connectivity index (χ3n) is 2.93. The molecule has 1 aliphatic heterocycles. The van der Waals surface area contributed by atoms with Gasteiger partial charge in [-0.15, -0.1) is 0 Å². The molecule has 1 saturated heterocycles. The van der Waals surface area contributed by atoms with E-state index in [2.05, 4.69) is 23.5 Å². The third kappa shape index (κ3) is 4.49. The Hall–Kier alpha value is -0.130. The van der Waals surface area contributed by atoms with Crippen LogP contribution in [0.1, 0.15) is 33.1 Å². The maximum Gasteiger partial charge on any atom is 0.208 e. The SMILES string of the molecule is CCC[C@H](C)N1CC[C@@H](NS(C)(=O)=O)C1. The number of nitrogens with one attached hydrogen (secondary N) is 1. The topological polar surface area (TPSA) is 49.4 Å². The summed E-state index contributed by atoms with van der Waals surface area (Å²) < 4.78 is 24.8. The van der Waals surface area contributed by atoms with Crippen molar-refractivity contribution in [3.05, 3.63) is 0 Å². The first-order chi connectivity index (χ1) is 6.92. The standard InChI is InChI=1S/C10H22N2O2S/c1-4-5-9(2)12-7-6-10(8-12)11-15(3,13)14/h9-11H,4-8H2,1-3H3/t9-,10+/m0/s1. The van der Waals surface area contributed by atoms with Crippen LogP contribution in [0.5, 0.6) is 0 Å². The van der Waals surface area contributed by atoms with Crippen LogP contribution in [0.15, 0.2) is 0 Å². The second kappa shape index (κ2) is 5.27. The molecule has 0 aromatic rings. The summed E-state index contributed by atoms with van der Waals surface area (Å²) >= 11 is 0. The van der Waals surface area contributed by atoms with Gasteiger partial charge in [0.05, 0.1) is 6.26 Å². The van der Waals surface area contributed by atoms with E-state index in [0.717, 1.165) is 19.5 Å². The highest BCUT2D eigenvalue weighted by molar-refractivity contribution is 7.88. The Labute approximate surface area is 93.1 Å². The molecule has 1 N–H and O–H groups in total. The van der Waals surface area contributed by atoms with Gasteiger partial charge in [0.2, 0.25) is 10.0 Å². The molecule has 0 aromatic heterocycles. The van der Waals surface area contributed by atoms with E-state index in [1.165, 1.54) is 19.1 Å². The van der Waals surface area contributed by atoms with E-state index in [4.69, 9.17) is 0 Å². The van der Waals surface area contributed by atoms with Gasteiger partial charge < -0.3 is 0 Å². The van der Waals surface area contributed by atoms with Crippen LogP contribution in [0.2, 0.25) is 0 Å². The summed E-state index contributed by atoms with van der Waals surface area (Å²) in [6, 6.07) is 0.681. The Balaban J connectivity index is 2.39. The lowest BCUT2D eigenvalue weighted by Gasteiger charge is -2.23. The number of hydrogen-bond donors (Lipinski definition) is 1. The van der Waals surface area contributed by atoms with Gasteiger partial charge in [-0.3, -0.25) is 4.90 Å². The van der Waals surface area contributed by atoms with Crippen molar-refractivity contribution < 1.29 is 8.42 Å². The summed E-state index contributed by atoms with van der Waals surface area (Å²) in [5, 5.41) is 0. The quantitative estimate of drug-likeness (QED) is 0.765. The zero-order valence-corrected chi connectivity index (χ0v) is 10.7. The largest absolute Gasteiger partial charge is 0.299 e. The van der Waals surface area contributed by atoms with Gasteiger partial charge in [0.25, 0.3) is 0 Å². The van der Waals surface area contributed by atoms with Crippen LogP contribution < -0.4 is 4.72 Å². The van der Waals surface area contributed by atoms with Crippen LogP contribution >= 0.6 is 0 Å². The van der Waals surface area contributed by atoms with Gasteiger partial charge in [0.15, 0.2) is 0 Å². The van der Waals surface area contributed by atoms with E-state index in [1.54, 1.807) is 0 Å². The van der Waals surface area contributed by atoms with Crippen molar-refractivity contribution in [1.29, 1.82) is 0 Å². The zero-order valence-electron chi connectivity index (χ0n) is 9.86. The molecule has 0 radical (unpaired) electrons. The van der Waals surface area contributed by atoms with Gasteiger partial charge in [0.1, 0.15) is 0 Å². The summed E-state index contributed by atoms with van der Waals surface area (Å²) in [5.41, 5.74) is 0. The second-order valence-corrected chi connectivity index (χ2v) is 6.29. The minimum Gasteiger partial charge on any atom is -0.299 e. The summed E-state index contributed by atoms with van der Waals surface area (Å²) in [4.78, 5) is 2.37. The van der Waals surface area contributed by atoms with E-state index < -0.39 is 10.0 Å². The highest BCUT2D eigenvalue weighted by Crippen LogP contribution is 2.15. The molecule has 0 saturated carbocycles. The maximum absolute atomic E-state index is 11.1. The molecule has 1 rings (SSSR count). The summed E-state index contributed by atoms with van der Waals surface area (Å²) in [6.07, 6.45) is 4.53.